The third kappa shape index (κ3) is 5.07. The van der Waals surface area contributed by atoms with Crippen molar-refractivity contribution in [3.05, 3.63) is 41.2 Å². The molecule has 2 aromatic carbocycles. The summed E-state index contributed by atoms with van der Waals surface area (Å²) in [6.45, 7) is 2.61. The number of nitrogens with one attached hydrogen (secondary N) is 1. The van der Waals surface area contributed by atoms with Gasteiger partial charge < -0.3 is 19.4 Å². The number of aryl methyl sites for hydroxylation is 2. The Morgan fingerprint density at radius 2 is 1.85 bits per heavy atom. The maximum atomic E-state index is 12.6. The Balaban J connectivity index is 1.81. The molecule has 0 spiro atoms. The molecule has 9 nitrogen and oxygen atoms in total. The number of carbonyl (C=O) groups excluding carboxylic acids is 1. The zero-order valence-corrected chi connectivity index (χ0v) is 20.7. The van der Waals surface area contributed by atoms with E-state index in [2.05, 4.69) is 10.3 Å². The van der Waals surface area contributed by atoms with Gasteiger partial charge in [0.25, 0.3) is 0 Å². The predicted octanol–water partition coefficient (Wildman–Crippen LogP) is 3.55. The number of rotatable bonds is 9. The van der Waals surface area contributed by atoms with Gasteiger partial charge in [0.2, 0.25) is 15.9 Å². The van der Waals surface area contributed by atoms with Gasteiger partial charge in [0.15, 0.2) is 0 Å². The van der Waals surface area contributed by atoms with E-state index in [-0.39, 0.29) is 17.2 Å². The van der Waals surface area contributed by atoms with Crippen LogP contribution in [-0.4, -0.2) is 56.5 Å². The largest absolute Gasteiger partial charge is 0.495 e. The summed E-state index contributed by atoms with van der Waals surface area (Å²) in [4.78, 5) is 17.4. The number of benzene rings is 2. The molecule has 33 heavy (non-hydrogen) atoms. The number of hydrogen-bond donors (Lipinski definition) is 1. The summed E-state index contributed by atoms with van der Waals surface area (Å²) in [5.74, 6) is 1.33. The first-order valence-corrected chi connectivity index (χ1v) is 12.1. The highest BCUT2D eigenvalue weighted by Gasteiger charge is 2.20. The van der Waals surface area contributed by atoms with Crippen molar-refractivity contribution in [3.63, 3.8) is 0 Å². The van der Waals surface area contributed by atoms with E-state index in [1.165, 1.54) is 28.3 Å². The van der Waals surface area contributed by atoms with E-state index in [0.29, 0.717) is 46.5 Å². The second-order valence-corrected chi connectivity index (χ2v) is 10.0. The molecule has 1 amide bonds. The van der Waals surface area contributed by atoms with Crippen molar-refractivity contribution < 1.29 is 22.7 Å². The first-order chi connectivity index (χ1) is 15.6. The molecule has 3 aromatic rings. The molecule has 11 heteroatoms. The Morgan fingerprint density at radius 1 is 1.15 bits per heavy atom. The highest BCUT2D eigenvalue weighted by molar-refractivity contribution is 7.89. The standard InChI is InChI=1S/C22H27ClN4O5S/c1-6-27-18-8-7-14(33(29,30)26(2)3)11-16(18)24-21(27)9-10-22(28)25-17-12-15(23)19(31-4)13-20(17)32-5/h7-8,11-13H,6,9-10H2,1-5H3,(H,25,28). The summed E-state index contributed by atoms with van der Waals surface area (Å²) in [6, 6.07) is 8.06. The van der Waals surface area contributed by atoms with Gasteiger partial charge in [0, 0.05) is 39.5 Å². The van der Waals surface area contributed by atoms with Gasteiger partial charge in [0.05, 0.1) is 40.9 Å². The van der Waals surface area contributed by atoms with E-state index in [9.17, 15) is 13.2 Å². The molecule has 1 aromatic heterocycles. The number of methoxy groups -OCH3 is 2. The van der Waals surface area contributed by atoms with Gasteiger partial charge in [-0.3, -0.25) is 4.79 Å². The number of halogens is 1. The lowest BCUT2D eigenvalue weighted by Gasteiger charge is -2.13. The highest BCUT2D eigenvalue weighted by Crippen LogP contribution is 2.36. The maximum Gasteiger partial charge on any atom is 0.242 e. The molecule has 178 valence electrons. The smallest absolute Gasteiger partial charge is 0.242 e. The van der Waals surface area contributed by atoms with Crippen LogP contribution in [0, 0.1) is 0 Å². The van der Waals surface area contributed by atoms with Gasteiger partial charge in [-0.25, -0.2) is 17.7 Å². The van der Waals surface area contributed by atoms with Crippen molar-refractivity contribution >= 4 is 44.3 Å². The molecular weight excluding hydrogens is 468 g/mol. The monoisotopic (exact) mass is 494 g/mol. The third-order valence-corrected chi connectivity index (χ3v) is 7.32. The van der Waals surface area contributed by atoms with Crippen molar-refractivity contribution in [2.75, 3.05) is 33.6 Å². The number of ether oxygens (including phenoxy) is 2. The lowest BCUT2D eigenvalue weighted by Crippen LogP contribution is -2.22. The Hall–Kier alpha value is -2.82. The van der Waals surface area contributed by atoms with E-state index < -0.39 is 10.0 Å². The second kappa shape index (κ2) is 9.98. The van der Waals surface area contributed by atoms with E-state index >= 15 is 0 Å². The molecule has 0 aliphatic rings. The van der Waals surface area contributed by atoms with Crippen molar-refractivity contribution in [2.24, 2.45) is 0 Å². The Labute approximate surface area is 198 Å². The number of fused-ring (bicyclic) bond motifs is 1. The molecule has 0 fully saturated rings. The van der Waals surface area contributed by atoms with Crippen LogP contribution < -0.4 is 14.8 Å². The highest BCUT2D eigenvalue weighted by atomic mass is 35.5. The van der Waals surface area contributed by atoms with Crippen molar-refractivity contribution in [1.29, 1.82) is 0 Å². The fourth-order valence-electron chi connectivity index (χ4n) is 3.47. The number of anilines is 1. The fourth-order valence-corrected chi connectivity index (χ4v) is 4.63. The van der Waals surface area contributed by atoms with Crippen molar-refractivity contribution in [1.82, 2.24) is 13.9 Å². The van der Waals surface area contributed by atoms with Crippen LogP contribution >= 0.6 is 11.6 Å². The molecule has 1 heterocycles. The third-order valence-electron chi connectivity index (χ3n) is 5.22. The molecule has 0 aliphatic carbocycles. The lowest BCUT2D eigenvalue weighted by atomic mass is 10.2. The molecule has 0 atom stereocenters. The predicted molar refractivity (Wildman–Crippen MR) is 128 cm³/mol. The van der Waals surface area contributed by atoms with Gasteiger partial charge in [0.1, 0.15) is 17.3 Å². The molecule has 3 rings (SSSR count). The van der Waals surface area contributed by atoms with Gasteiger partial charge in [-0.05, 0) is 31.2 Å². The minimum atomic E-state index is -3.57. The quantitative estimate of drug-likeness (QED) is 0.488. The van der Waals surface area contributed by atoms with Crippen LogP contribution in [-0.2, 0) is 27.8 Å². The van der Waals surface area contributed by atoms with Crippen LogP contribution in [0.15, 0.2) is 35.2 Å². The van der Waals surface area contributed by atoms with Crippen LogP contribution in [0.2, 0.25) is 5.02 Å². The average Bonchev–Trinajstić information content (AvgIpc) is 3.14. The zero-order chi connectivity index (χ0) is 24.3. The van der Waals surface area contributed by atoms with Crippen LogP contribution in [0.3, 0.4) is 0 Å². The summed E-state index contributed by atoms with van der Waals surface area (Å²) < 4.78 is 38.5. The minimum Gasteiger partial charge on any atom is -0.495 e. The number of amides is 1. The SMILES string of the molecule is CCn1c(CCC(=O)Nc2cc(Cl)c(OC)cc2OC)nc2cc(S(=O)(=O)N(C)C)ccc21. The van der Waals surface area contributed by atoms with Gasteiger partial charge >= 0.3 is 0 Å². The number of sulfonamides is 1. The average molecular weight is 495 g/mol. The molecule has 0 radical (unpaired) electrons. The summed E-state index contributed by atoms with van der Waals surface area (Å²) in [5.41, 5.74) is 1.82. The summed E-state index contributed by atoms with van der Waals surface area (Å²) in [6.07, 6.45) is 0.537. The maximum absolute atomic E-state index is 12.6. The number of hydrogen-bond acceptors (Lipinski definition) is 6. The minimum absolute atomic E-state index is 0.166. The molecule has 0 bridgehead atoms. The van der Waals surface area contributed by atoms with Gasteiger partial charge in [-0.1, -0.05) is 11.6 Å². The summed E-state index contributed by atoms with van der Waals surface area (Å²) in [7, 11) is 2.40. The first-order valence-electron chi connectivity index (χ1n) is 10.2. The molecule has 1 N–H and O–H groups in total. The number of carbonyl (C=O) groups is 1. The molecule has 0 unspecified atom stereocenters. The van der Waals surface area contributed by atoms with E-state index in [1.807, 2.05) is 11.5 Å². The van der Waals surface area contributed by atoms with Crippen LogP contribution in [0.4, 0.5) is 5.69 Å². The van der Waals surface area contributed by atoms with Crippen LogP contribution in [0.25, 0.3) is 11.0 Å². The molecule has 0 aliphatic heterocycles. The van der Waals surface area contributed by atoms with E-state index in [1.54, 1.807) is 30.3 Å². The number of nitrogens with zero attached hydrogens (tertiary/aromatic N) is 3. The van der Waals surface area contributed by atoms with Gasteiger partial charge in [-0.2, -0.15) is 0 Å². The summed E-state index contributed by atoms with van der Waals surface area (Å²) in [5, 5.41) is 3.16. The Bertz CT molecular complexity index is 1290. The molecule has 0 saturated heterocycles. The first kappa shape index (κ1) is 24.8. The molecule has 0 saturated carbocycles. The number of aromatic nitrogens is 2. The lowest BCUT2D eigenvalue weighted by molar-refractivity contribution is -0.116. The number of imidazole rings is 1. The van der Waals surface area contributed by atoms with Crippen molar-refractivity contribution in [3.8, 4) is 11.5 Å². The van der Waals surface area contributed by atoms with Crippen LogP contribution in [0.5, 0.6) is 11.5 Å². The molecular formula is C22H27ClN4O5S. The summed E-state index contributed by atoms with van der Waals surface area (Å²) >= 11 is 6.17. The fraction of sp³-hybridized carbons (Fsp3) is 0.364. The van der Waals surface area contributed by atoms with E-state index in [0.717, 1.165) is 9.82 Å². The Kier molecular flexibility index (Phi) is 7.51. The van der Waals surface area contributed by atoms with Crippen LogP contribution in [0.1, 0.15) is 19.2 Å². The van der Waals surface area contributed by atoms with E-state index in [4.69, 9.17) is 21.1 Å². The second-order valence-electron chi connectivity index (χ2n) is 7.45. The van der Waals surface area contributed by atoms with Gasteiger partial charge in [-0.15, -0.1) is 0 Å². The van der Waals surface area contributed by atoms with Crippen molar-refractivity contribution in [2.45, 2.75) is 31.2 Å². The normalized spacial score (nSPS) is 11.7. The topological polar surface area (TPSA) is 103 Å². The zero-order valence-electron chi connectivity index (χ0n) is 19.2. The Morgan fingerprint density at radius 3 is 2.45 bits per heavy atom.